The van der Waals surface area contributed by atoms with Crippen LogP contribution in [-0.4, -0.2) is 38.3 Å². The summed E-state index contributed by atoms with van der Waals surface area (Å²) in [6.07, 6.45) is 4.39. The second-order valence-electron chi connectivity index (χ2n) is 6.52. The topological polar surface area (TPSA) is 57.7 Å². The number of rotatable bonds is 3. The van der Waals surface area contributed by atoms with E-state index in [0.717, 1.165) is 49.0 Å². The van der Waals surface area contributed by atoms with Crippen LogP contribution in [0.1, 0.15) is 43.2 Å². The van der Waals surface area contributed by atoms with Crippen molar-refractivity contribution in [2.24, 2.45) is 0 Å². The van der Waals surface area contributed by atoms with Crippen LogP contribution in [0.4, 0.5) is 5.69 Å². The number of sulfonamides is 1. The van der Waals surface area contributed by atoms with Gasteiger partial charge in [-0.2, -0.15) is 4.31 Å². The number of hydrogen-bond donors (Lipinski definition) is 0. The number of hydrogen-bond acceptors (Lipinski definition) is 3. The van der Waals surface area contributed by atoms with Crippen molar-refractivity contribution in [1.82, 2.24) is 4.31 Å². The van der Waals surface area contributed by atoms with E-state index in [9.17, 15) is 13.2 Å². The van der Waals surface area contributed by atoms with Crippen LogP contribution >= 0.6 is 0 Å². The first-order chi connectivity index (χ1) is 10.9. The molecule has 0 aliphatic carbocycles. The Morgan fingerprint density at radius 2 is 1.52 bits per heavy atom. The monoisotopic (exact) mass is 336 g/mol. The average molecular weight is 336 g/mol. The van der Waals surface area contributed by atoms with E-state index < -0.39 is 10.0 Å². The van der Waals surface area contributed by atoms with Crippen LogP contribution in [0.3, 0.4) is 0 Å². The molecule has 0 spiro atoms. The predicted molar refractivity (Wildman–Crippen MR) is 90.1 cm³/mol. The Kier molecular flexibility index (Phi) is 4.47. The highest BCUT2D eigenvalue weighted by Gasteiger charge is 2.30. The highest BCUT2D eigenvalue weighted by Crippen LogP contribution is 2.31. The summed E-state index contributed by atoms with van der Waals surface area (Å²) in [4.78, 5) is 14.1. The Morgan fingerprint density at radius 1 is 0.913 bits per heavy atom. The fraction of sp³-hybridized carbons (Fsp3) is 0.588. The number of aryl methyl sites for hydroxylation is 2. The summed E-state index contributed by atoms with van der Waals surface area (Å²) < 4.78 is 27.5. The molecule has 2 fully saturated rings. The smallest absolute Gasteiger partial charge is 0.243 e. The summed E-state index contributed by atoms with van der Waals surface area (Å²) in [5.74, 6) is 0.121. The van der Waals surface area contributed by atoms with Gasteiger partial charge in [0.2, 0.25) is 15.9 Å². The zero-order chi connectivity index (χ0) is 16.6. The van der Waals surface area contributed by atoms with Gasteiger partial charge in [-0.25, -0.2) is 8.42 Å². The van der Waals surface area contributed by atoms with Gasteiger partial charge in [-0.05, 0) is 56.4 Å². The normalized spacial score (nSPS) is 20.3. The third-order valence-electron chi connectivity index (χ3n) is 4.74. The third kappa shape index (κ3) is 3.02. The number of carbonyl (C=O) groups excluding carboxylic acids is 1. The van der Waals surface area contributed by atoms with Crippen molar-refractivity contribution >= 4 is 21.6 Å². The summed E-state index contributed by atoms with van der Waals surface area (Å²) in [5, 5.41) is 0. The van der Waals surface area contributed by atoms with Crippen molar-refractivity contribution in [3.05, 3.63) is 23.3 Å². The van der Waals surface area contributed by atoms with Gasteiger partial charge in [0.15, 0.2) is 0 Å². The number of carbonyl (C=O) groups is 1. The van der Waals surface area contributed by atoms with Gasteiger partial charge in [-0.1, -0.05) is 6.42 Å². The largest absolute Gasteiger partial charge is 0.312 e. The van der Waals surface area contributed by atoms with E-state index in [4.69, 9.17) is 0 Å². The molecule has 0 radical (unpaired) electrons. The molecule has 23 heavy (non-hydrogen) atoms. The fourth-order valence-corrected chi connectivity index (χ4v) is 5.57. The van der Waals surface area contributed by atoms with Crippen molar-refractivity contribution in [3.8, 4) is 0 Å². The van der Waals surface area contributed by atoms with Crippen LogP contribution in [-0.2, 0) is 14.8 Å². The Labute approximate surface area is 138 Å². The zero-order valence-corrected chi connectivity index (χ0v) is 14.7. The standard InChI is InChI=1S/C17H24N2O3S/c1-13-11-15(19-10-6-7-16(19)20)12-14(2)17(13)23(21,22)18-8-4-3-5-9-18/h11-12H,3-10H2,1-2H3. The molecule has 0 bridgehead atoms. The van der Waals surface area contributed by atoms with E-state index in [1.54, 1.807) is 9.21 Å². The molecule has 3 rings (SSSR count). The van der Waals surface area contributed by atoms with Crippen LogP contribution in [0.15, 0.2) is 17.0 Å². The minimum absolute atomic E-state index is 0.121. The van der Waals surface area contributed by atoms with Gasteiger partial charge in [0, 0.05) is 31.7 Å². The molecule has 0 unspecified atom stereocenters. The van der Waals surface area contributed by atoms with E-state index in [2.05, 4.69) is 0 Å². The molecule has 0 aromatic heterocycles. The molecule has 2 heterocycles. The van der Waals surface area contributed by atoms with Crippen LogP contribution in [0.25, 0.3) is 0 Å². The first-order valence-electron chi connectivity index (χ1n) is 8.33. The molecule has 1 aromatic carbocycles. The van der Waals surface area contributed by atoms with Crippen LogP contribution in [0.5, 0.6) is 0 Å². The predicted octanol–water partition coefficient (Wildman–Crippen LogP) is 2.60. The third-order valence-corrected chi connectivity index (χ3v) is 6.95. The maximum absolute atomic E-state index is 13.0. The first kappa shape index (κ1) is 16.5. The van der Waals surface area contributed by atoms with Gasteiger partial charge in [0.05, 0.1) is 4.90 Å². The Morgan fingerprint density at radius 3 is 2.04 bits per heavy atom. The lowest BCUT2D eigenvalue weighted by Crippen LogP contribution is -2.36. The van der Waals surface area contributed by atoms with E-state index in [1.807, 2.05) is 26.0 Å². The van der Waals surface area contributed by atoms with E-state index >= 15 is 0 Å². The Bertz CT molecular complexity index is 698. The van der Waals surface area contributed by atoms with Gasteiger partial charge < -0.3 is 4.90 Å². The fourth-order valence-electron chi connectivity index (χ4n) is 3.65. The number of anilines is 1. The van der Waals surface area contributed by atoms with Crippen molar-refractivity contribution in [1.29, 1.82) is 0 Å². The lowest BCUT2D eigenvalue weighted by Gasteiger charge is -2.28. The molecule has 2 saturated heterocycles. The van der Waals surface area contributed by atoms with E-state index in [1.165, 1.54) is 0 Å². The molecule has 6 heteroatoms. The summed E-state index contributed by atoms with van der Waals surface area (Å²) in [6.45, 7) is 5.58. The minimum atomic E-state index is -3.45. The van der Waals surface area contributed by atoms with Gasteiger partial charge in [-0.3, -0.25) is 4.79 Å². The van der Waals surface area contributed by atoms with E-state index in [0.29, 0.717) is 24.4 Å². The Hall–Kier alpha value is -1.40. The highest BCUT2D eigenvalue weighted by molar-refractivity contribution is 7.89. The summed E-state index contributed by atoms with van der Waals surface area (Å²) in [5.41, 5.74) is 2.27. The maximum Gasteiger partial charge on any atom is 0.243 e. The second-order valence-corrected chi connectivity index (χ2v) is 8.40. The lowest BCUT2D eigenvalue weighted by molar-refractivity contribution is -0.117. The Balaban J connectivity index is 1.98. The average Bonchev–Trinajstić information content (AvgIpc) is 2.93. The van der Waals surface area contributed by atoms with Gasteiger partial charge in [0.1, 0.15) is 0 Å². The highest BCUT2D eigenvalue weighted by atomic mass is 32.2. The van der Waals surface area contributed by atoms with Gasteiger partial charge in [-0.15, -0.1) is 0 Å². The van der Waals surface area contributed by atoms with Crippen molar-refractivity contribution < 1.29 is 13.2 Å². The number of piperidine rings is 1. The molecular weight excluding hydrogens is 312 g/mol. The first-order valence-corrected chi connectivity index (χ1v) is 9.77. The summed E-state index contributed by atoms with van der Waals surface area (Å²) >= 11 is 0. The number of nitrogens with zero attached hydrogens (tertiary/aromatic N) is 2. The SMILES string of the molecule is Cc1cc(N2CCCC2=O)cc(C)c1S(=O)(=O)N1CCCCC1. The summed E-state index contributed by atoms with van der Waals surface area (Å²) in [7, 11) is -3.45. The number of benzene rings is 1. The zero-order valence-electron chi connectivity index (χ0n) is 13.8. The van der Waals surface area contributed by atoms with Crippen molar-refractivity contribution in [2.45, 2.75) is 50.8 Å². The van der Waals surface area contributed by atoms with E-state index in [-0.39, 0.29) is 5.91 Å². The van der Waals surface area contributed by atoms with Gasteiger partial charge in [0.25, 0.3) is 0 Å². The van der Waals surface area contributed by atoms with Crippen LogP contribution in [0.2, 0.25) is 0 Å². The van der Waals surface area contributed by atoms with Gasteiger partial charge >= 0.3 is 0 Å². The summed E-state index contributed by atoms with van der Waals surface area (Å²) in [6, 6.07) is 3.68. The lowest BCUT2D eigenvalue weighted by atomic mass is 10.1. The second kappa shape index (κ2) is 6.24. The molecule has 0 saturated carbocycles. The molecule has 1 aromatic rings. The van der Waals surface area contributed by atoms with Crippen LogP contribution in [0, 0.1) is 13.8 Å². The molecule has 2 aliphatic heterocycles. The van der Waals surface area contributed by atoms with Crippen molar-refractivity contribution in [2.75, 3.05) is 24.5 Å². The molecule has 5 nitrogen and oxygen atoms in total. The molecular formula is C17H24N2O3S. The molecule has 126 valence electrons. The maximum atomic E-state index is 13.0. The molecule has 0 N–H and O–H groups in total. The molecule has 2 aliphatic rings. The van der Waals surface area contributed by atoms with Crippen LogP contribution < -0.4 is 4.90 Å². The minimum Gasteiger partial charge on any atom is -0.312 e. The van der Waals surface area contributed by atoms with Crippen molar-refractivity contribution in [3.63, 3.8) is 0 Å². The molecule has 0 atom stereocenters. The number of amides is 1. The quantitative estimate of drug-likeness (QED) is 0.852. The molecule has 1 amide bonds.